The van der Waals surface area contributed by atoms with Gasteiger partial charge in [0.1, 0.15) is 0 Å². The Hall–Kier alpha value is -2.12. The Morgan fingerprint density at radius 2 is 1.41 bits per heavy atom. The maximum atomic E-state index is 11.3. The molecule has 0 spiro atoms. The maximum Gasteiger partial charge on any atom is 0.307 e. The quantitative estimate of drug-likeness (QED) is 0.423. The van der Waals surface area contributed by atoms with E-state index in [0.717, 1.165) is 6.42 Å². The summed E-state index contributed by atoms with van der Waals surface area (Å²) in [5.74, 6) is -8.32. The maximum absolute atomic E-state index is 11.3. The third-order valence-corrected chi connectivity index (χ3v) is 3.57. The Labute approximate surface area is 127 Å². The van der Waals surface area contributed by atoms with E-state index < -0.39 is 54.5 Å². The van der Waals surface area contributed by atoms with Crippen LogP contribution in [0.2, 0.25) is 0 Å². The molecule has 0 rings (SSSR count). The van der Waals surface area contributed by atoms with Gasteiger partial charge in [0.05, 0.1) is 24.7 Å². The monoisotopic (exact) mass is 318 g/mol. The first-order valence-electron chi connectivity index (χ1n) is 7.08. The summed E-state index contributed by atoms with van der Waals surface area (Å²) in [6.45, 7) is 1.87. The van der Waals surface area contributed by atoms with Crippen LogP contribution in [0.3, 0.4) is 0 Å². The zero-order valence-electron chi connectivity index (χ0n) is 12.4. The minimum atomic E-state index is -1.32. The molecule has 0 saturated heterocycles. The van der Waals surface area contributed by atoms with Crippen LogP contribution in [0, 0.1) is 17.8 Å². The van der Waals surface area contributed by atoms with Crippen LogP contribution in [-0.4, -0.2) is 44.3 Å². The van der Waals surface area contributed by atoms with Gasteiger partial charge in [0.25, 0.3) is 0 Å². The van der Waals surface area contributed by atoms with E-state index in [-0.39, 0.29) is 6.42 Å². The normalized spacial score (nSPS) is 14.8. The molecule has 0 fully saturated rings. The molecule has 126 valence electrons. The van der Waals surface area contributed by atoms with Gasteiger partial charge in [0.2, 0.25) is 0 Å². The van der Waals surface area contributed by atoms with Gasteiger partial charge in [0, 0.05) is 0 Å². The molecule has 0 amide bonds. The number of carboxylic acid groups (broad SMARTS) is 4. The summed E-state index contributed by atoms with van der Waals surface area (Å²) in [6.07, 6.45) is 0.330. The summed E-state index contributed by atoms with van der Waals surface area (Å²) in [6, 6.07) is 0. The van der Waals surface area contributed by atoms with Crippen molar-refractivity contribution in [1.82, 2.24) is 0 Å². The van der Waals surface area contributed by atoms with Crippen LogP contribution in [0.15, 0.2) is 0 Å². The Bertz CT molecular complexity index is 417. The number of hydrogen-bond acceptors (Lipinski definition) is 4. The number of aliphatic carboxylic acids is 4. The molecule has 22 heavy (non-hydrogen) atoms. The van der Waals surface area contributed by atoms with Crippen LogP contribution in [0.4, 0.5) is 0 Å². The zero-order valence-corrected chi connectivity index (χ0v) is 12.4. The number of carbonyl (C=O) groups is 4. The van der Waals surface area contributed by atoms with Crippen LogP contribution in [-0.2, 0) is 19.2 Å². The lowest BCUT2D eigenvalue weighted by Crippen LogP contribution is -2.30. The van der Waals surface area contributed by atoms with Crippen molar-refractivity contribution in [2.24, 2.45) is 17.8 Å². The van der Waals surface area contributed by atoms with E-state index in [1.54, 1.807) is 0 Å². The highest BCUT2D eigenvalue weighted by atomic mass is 16.4. The van der Waals surface area contributed by atoms with Gasteiger partial charge in [0.15, 0.2) is 0 Å². The molecule has 8 nitrogen and oxygen atoms in total. The van der Waals surface area contributed by atoms with Crippen molar-refractivity contribution < 1.29 is 39.6 Å². The number of unbranched alkanes of at least 4 members (excludes halogenated alkanes) is 1. The summed E-state index contributed by atoms with van der Waals surface area (Å²) < 4.78 is 0. The molecule has 0 aromatic heterocycles. The Morgan fingerprint density at radius 1 is 0.864 bits per heavy atom. The molecule has 0 saturated carbocycles. The van der Waals surface area contributed by atoms with Gasteiger partial charge in [-0.1, -0.05) is 19.8 Å². The first-order valence-corrected chi connectivity index (χ1v) is 7.08. The standard InChI is InChI=1S/C14H22O8/c1-2-3-4-8(10(14(21)22)7-12(17)18)5-9(13(19)20)6-11(15)16/h8-10H,2-7H2,1H3,(H,15,16)(H,17,18)(H,19,20)(H,21,22). The molecule has 0 heterocycles. The second-order valence-corrected chi connectivity index (χ2v) is 5.31. The fourth-order valence-electron chi connectivity index (χ4n) is 2.44. The van der Waals surface area contributed by atoms with E-state index in [4.69, 9.17) is 15.3 Å². The molecule has 0 aromatic carbocycles. The van der Waals surface area contributed by atoms with Crippen molar-refractivity contribution in [3.8, 4) is 0 Å². The minimum Gasteiger partial charge on any atom is -0.481 e. The molecule has 0 aliphatic heterocycles. The van der Waals surface area contributed by atoms with Crippen LogP contribution in [0.1, 0.15) is 45.4 Å². The van der Waals surface area contributed by atoms with Crippen molar-refractivity contribution in [3.05, 3.63) is 0 Å². The Balaban J connectivity index is 5.20. The molecule has 3 atom stereocenters. The van der Waals surface area contributed by atoms with Crippen molar-refractivity contribution in [2.75, 3.05) is 0 Å². The van der Waals surface area contributed by atoms with Crippen molar-refractivity contribution in [3.63, 3.8) is 0 Å². The number of hydrogen-bond donors (Lipinski definition) is 4. The van der Waals surface area contributed by atoms with Crippen LogP contribution < -0.4 is 0 Å². The van der Waals surface area contributed by atoms with Gasteiger partial charge in [-0.25, -0.2) is 0 Å². The predicted octanol–water partition coefficient (Wildman–Crippen LogP) is 1.53. The lowest BCUT2D eigenvalue weighted by atomic mass is 9.78. The molecule has 0 radical (unpaired) electrons. The highest BCUT2D eigenvalue weighted by Gasteiger charge is 2.34. The zero-order chi connectivity index (χ0) is 17.3. The molecule has 0 aliphatic carbocycles. The highest BCUT2D eigenvalue weighted by molar-refractivity contribution is 5.79. The van der Waals surface area contributed by atoms with Gasteiger partial charge >= 0.3 is 23.9 Å². The van der Waals surface area contributed by atoms with Gasteiger partial charge in [-0.15, -0.1) is 0 Å². The summed E-state index contributed by atoms with van der Waals surface area (Å²) in [5.41, 5.74) is 0. The molecule has 8 heteroatoms. The van der Waals surface area contributed by atoms with E-state index in [9.17, 15) is 24.3 Å². The third-order valence-electron chi connectivity index (χ3n) is 3.57. The lowest BCUT2D eigenvalue weighted by Gasteiger charge is -2.25. The molecular formula is C14H22O8. The summed E-state index contributed by atoms with van der Waals surface area (Å²) in [7, 11) is 0. The predicted molar refractivity (Wildman–Crippen MR) is 74.4 cm³/mol. The largest absolute Gasteiger partial charge is 0.481 e. The topological polar surface area (TPSA) is 149 Å². The van der Waals surface area contributed by atoms with Crippen LogP contribution in [0.5, 0.6) is 0 Å². The molecule has 0 bridgehead atoms. The number of rotatable bonds is 12. The average Bonchev–Trinajstić information content (AvgIpc) is 2.38. The molecule has 0 aliphatic rings. The highest BCUT2D eigenvalue weighted by Crippen LogP contribution is 2.30. The number of carboxylic acids is 4. The van der Waals surface area contributed by atoms with E-state index in [1.165, 1.54) is 0 Å². The van der Waals surface area contributed by atoms with Crippen molar-refractivity contribution in [2.45, 2.75) is 45.4 Å². The van der Waals surface area contributed by atoms with Gasteiger partial charge in [-0.3, -0.25) is 19.2 Å². The second kappa shape index (κ2) is 9.75. The first-order chi connectivity index (χ1) is 10.2. The molecular weight excluding hydrogens is 296 g/mol. The van der Waals surface area contributed by atoms with E-state index >= 15 is 0 Å². The lowest BCUT2D eigenvalue weighted by molar-refractivity contribution is -0.153. The van der Waals surface area contributed by atoms with E-state index in [0.29, 0.717) is 12.8 Å². The molecule has 3 unspecified atom stereocenters. The smallest absolute Gasteiger partial charge is 0.307 e. The third kappa shape index (κ3) is 7.61. The summed E-state index contributed by atoms with van der Waals surface area (Å²) in [4.78, 5) is 44.0. The first kappa shape index (κ1) is 19.9. The fourth-order valence-corrected chi connectivity index (χ4v) is 2.44. The summed E-state index contributed by atoms with van der Waals surface area (Å²) in [5, 5.41) is 35.8. The van der Waals surface area contributed by atoms with Crippen LogP contribution >= 0.6 is 0 Å². The van der Waals surface area contributed by atoms with Gasteiger partial charge in [-0.05, 0) is 18.8 Å². The van der Waals surface area contributed by atoms with Gasteiger partial charge < -0.3 is 20.4 Å². The van der Waals surface area contributed by atoms with E-state index in [1.807, 2.05) is 6.92 Å². The Morgan fingerprint density at radius 3 is 1.77 bits per heavy atom. The van der Waals surface area contributed by atoms with Crippen LogP contribution in [0.25, 0.3) is 0 Å². The molecule has 4 N–H and O–H groups in total. The Kier molecular flexibility index (Phi) is 8.81. The van der Waals surface area contributed by atoms with Crippen molar-refractivity contribution >= 4 is 23.9 Å². The fraction of sp³-hybridized carbons (Fsp3) is 0.714. The second-order valence-electron chi connectivity index (χ2n) is 5.31. The average molecular weight is 318 g/mol. The van der Waals surface area contributed by atoms with Gasteiger partial charge in [-0.2, -0.15) is 0 Å². The van der Waals surface area contributed by atoms with E-state index in [2.05, 4.69) is 0 Å². The minimum absolute atomic E-state index is 0.161. The summed E-state index contributed by atoms with van der Waals surface area (Å²) >= 11 is 0. The SMILES string of the molecule is CCCCC(CC(CC(=O)O)C(=O)O)C(CC(=O)O)C(=O)O. The van der Waals surface area contributed by atoms with Crippen molar-refractivity contribution in [1.29, 1.82) is 0 Å². The molecule has 0 aromatic rings.